The van der Waals surface area contributed by atoms with Crippen LogP contribution in [0.2, 0.25) is 0 Å². The Morgan fingerprint density at radius 1 is 1.27 bits per heavy atom. The first-order chi connectivity index (χ1) is 5.16. The van der Waals surface area contributed by atoms with Gasteiger partial charge in [0.2, 0.25) is 0 Å². The first-order valence-electron chi connectivity index (χ1n) is 3.35. The van der Waals surface area contributed by atoms with Gasteiger partial charge in [0.1, 0.15) is 18.3 Å². The third-order valence-corrected chi connectivity index (χ3v) is 1.69. The molecule has 1 aliphatic rings. The third kappa shape index (κ3) is 1.69. The van der Waals surface area contributed by atoms with Crippen LogP contribution in [0.4, 0.5) is 0 Å². The summed E-state index contributed by atoms with van der Waals surface area (Å²) in [6.45, 7) is -0.0171. The highest BCUT2D eigenvalue weighted by molar-refractivity contribution is 4.81. The van der Waals surface area contributed by atoms with E-state index in [9.17, 15) is 0 Å². The maximum absolute atomic E-state index is 9.15. The van der Waals surface area contributed by atoms with E-state index in [2.05, 4.69) is 4.74 Å². The van der Waals surface area contributed by atoms with Crippen LogP contribution in [0.5, 0.6) is 0 Å². The van der Waals surface area contributed by atoms with Crippen LogP contribution in [0.15, 0.2) is 0 Å². The highest BCUT2D eigenvalue weighted by atomic mass is 16.7. The lowest BCUT2D eigenvalue weighted by Crippen LogP contribution is -2.53. The Morgan fingerprint density at radius 2 is 1.91 bits per heavy atom. The highest BCUT2D eigenvalue weighted by Gasteiger charge is 2.37. The summed E-state index contributed by atoms with van der Waals surface area (Å²) in [4.78, 5) is 0. The Hall–Kier alpha value is -0.200. The van der Waals surface area contributed by atoms with Gasteiger partial charge >= 0.3 is 0 Å². The van der Waals surface area contributed by atoms with Crippen molar-refractivity contribution in [1.29, 1.82) is 0 Å². The predicted molar refractivity (Wildman–Crippen MR) is 34.8 cm³/mol. The average molecular weight is 164 g/mol. The van der Waals surface area contributed by atoms with Crippen LogP contribution in [0.3, 0.4) is 0 Å². The lowest BCUT2D eigenvalue weighted by atomic mass is 10.1. The Morgan fingerprint density at radius 3 is 2.45 bits per heavy atom. The molecule has 0 radical (unpaired) electrons. The lowest BCUT2D eigenvalue weighted by molar-refractivity contribution is -0.261. The molecular formula is C6H12O5. The molecule has 0 aromatic heterocycles. The number of rotatable bonds is 1. The molecule has 1 saturated heterocycles. The largest absolute Gasteiger partial charge is 0.388 e. The van der Waals surface area contributed by atoms with Crippen LogP contribution in [-0.2, 0) is 9.47 Å². The topological polar surface area (TPSA) is 79.2 Å². The van der Waals surface area contributed by atoms with Gasteiger partial charge in [0.05, 0.1) is 6.61 Å². The van der Waals surface area contributed by atoms with Gasteiger partial charge in [0.15, 0.2) is 6.29 Å². The van der Waals surface area contributed by atoms with Crippen molar-refractivity contribution in [3.05, 3.63) is 0 Å². The quantitative estimate of drug-likeness (QED) is 0.420. The molecule has 1 heterocycles. The van der Waals surface area contributed by atoms with Gasteiger partial charge in [0, 0.05) is 7.11 Å². The number of aliphatic hydroxyl groups is 3. The molecule has 4 atom stereocenters. The molecule has 0 aromatic carbocycles. The van der Waals surface area contributed by atoms with E-state index in [1.54, 1.807) is 0 Å². The molecule has 0 aromatic rings. The van der Waals surface area contributed by atoms with Crippen LogP contribution < -0.4 is 0 Å². The van der Waals surface area contributed by atoms with Gasteiger partial charge in [0.25, 0.3) is 0 Å². The number of hydrogen-bond donors (Lipinski definition) is 3. The van der Waals surface area contributed by atoms with Crippen LogP contribution in [0.1, 0.15) is 0 Å². The van der Waals surface area contributed by atoms with Gasteiger partial charge < -0.3 is 24.8 Å². The minimum atomic E-state index is -1.19. The first kappa shape index (κ1) is 8.89. The molecule has 1 aliphatic heterocycles. The number of aliphatic hydroxyl groups excluding tert-OH is 3. The van der Waals surface area contributed by atoms with Crippen LogP contribution in [0.25, 0.3) is 0 Å². The monoisotopic (exact) mass is 164 g/mol. The molecule has 66 valence electrons. The second-order valence-corrected chi connectivity index (χ2v) is 2.49. The number of hydrogen-bond acceptors (Lipinski definition) is 5. The van der Waals surface area contributed by atoms with E-state index in [1.165, 1.54) is 7.11 Å². The molecule has 0 aliphatic carbocycles. The predicted octanol–water partition coefficient (Wildman–Crippen LogP) is -1.93. The molecule has 0 spiro atoms. The summed E-state index contributed by atoms with van der Waals surface area (Å²) in [6.07, 6.45) is -4.23. The molecule has 0 amide bonds. The maximum Gasteiger partial charge on any atom is 0.185 e. The lowest BCUT2D eigenvalue weighted by Gasteiger charge is -2.33. The molecule has 1 fully saturated rings. The minimum Gasteiger partial charge on any atom is -0.388 e. The van der Waals surface area contributed by atoms with Crippen LogP contribution >= 0.6 is 0 Å². The normalized spacial score (nSPS) is 45.8. The Kier molecular flexibility index (Phi) is 2.80. The Balaban J connectivity index is 2.52. The van der Waals surface area contributed by atoms with E-state index in [0.29, 0.717) is 0 Å². The summed E-state index contributed by atoms with van der Waals surface area (Å²) in [5.74, 6) is 0. The second kappa shape index (κ2) is 3.46. The summed E-state index contributed by atoms with van der Waals surface area (Å²) < 4.78 is 9.52. The van der Waals surface area contributed by atoms with Gasteiger partial charge in [-0.2, -0.15) is 0 Å². The zero-order chi connectivity index (χ0) is 8.43. The van der Waals surface area contributed by atoms with E-state index in [4.69, 9.17) is 20.1 Å². The van der Waals surface area contributed by atoms with Crippen molar-refractivity contribution in [2.75, 3.05) is 13.7 Å². The molecule has 0 saturated carbocycles. The fraction of sp³-hybridized carbons (Fsp3) is 1.00. The van der Waals surface area contributed by atoms with Crippen molar-refractivity contribution >= 4 is 0 Å². The van der Waals surface area contributed by atoms with Crippen molar-refractivity contribution in [1.82, 2.24) is 0 Å². The fourth-order valence-corrected chi connectivity index (χ4v) is 0.987. The third-order valence-electron chi connectivity index (χ3n) is 1.69. The zero-order valence-corrected chi connectivity index (χ0v) is 6.17. The summed E-state index contributed by atoms with van der Waals surface area (Å²) in [5.41, 5.74) is 0. The fourth-order valence-electron chi connectivity index (χ4n) is 0.987. The van der Waals surface area contributed by atoms with E-state index >= 15 is 0 Å². The molecule has 5 heteroatoms. The average Bonchev–Trinajstić information content (AvgIpc) is 2.01. The van der Waals surface area contributed by atoms with Crippen LogP contribution in [0, 0.1) is 0 Å². The second-order valence-electron chi connectivity index (χ2n) is 2.49. The van der Waals surface area contributed by atoms with E-state index < -0.39 is 24.6 Å². The van der Waals surface area contributed by atoms with Gasteiger partial charge in [-0.05, 0) is 0 Å². The summed E-state index contributed by atoms with van der Waals surface area (Å²) in [6, 6.07) is 0. The van der Waals surface area contributed by atoms with Gasteiger partial charge in [-0.25, -0.2) is 0 Å². The van der Waals surface area contributed by atoms with Crippen molar-refractivity contribution in [3.63, 3.8) is 0 Å². The molecule has 11 heavy (non-hydrogen) atoms. The first-order valence-corrected chi connectivity index (χ1v) is 3.35. The Bertz CT molecular complexity index is 126. The molecule has 0 bridgehead atoms. The summed E-state index contributed by atoms with van der Waals surface area (Å²) in [5, 5.41) is 27.2. The van der Waals surface area contributed by atoms with Crippen molar-refractivity contribution in [3.8, 4) is 0 Å². The number of ether oxygens (including phenoxy) is 2. The standard InChI is InChI=1S/C6H12O5/c1-10-6-5(9)4(8)3(7)2-11-6/h3-9H,2H2,1H3/t3-,4?,5?,6?/m0/s1. The smallest absolute Gasteiger partial charge is 0.185 e. The van der Waals surface area contributed by atoms with E-state index in [-0.39, 0.29) is 6.61 Å². The molecule has 3 N–H and O–H groups in total. The molecule has 5 nitrogen and oxygen atoms in total. The van der Waals surface area contributed by atoms with Crippen molar-refractivity contribution in [2.24, 2.45) is 0 Å². The van der Waals surface area contributed by atoms with Gasteiger partial charge in [-0.1, -0.05) is 0 Å². The SMILES string of the molecule is COC1OC[C@H](O)C(O)C1O. The minimum absolute atomic E-state index is 0.0171. The van der Waals surface area contributed by atoms with E-state index in [1.807, 2.05) is 0 Å². The summed E-state index contributed by atoms with van der Waals surface area (Å²) in [7, 11) is 1.36. The van der Waals surface area contributed by atoms with Gasteiger partial charge in [-0.15, -0.1) is 0 Å². The van der Waals surface area contributed by atoms with Crippen molar-refractivity contribution < 1.29 is 24.8 Å². The zero-order valence-electron chi connectivity index (χ0n) is 6.17. The number of methoxy groups -OCH3 is 1. The maximum atomic E-state index is 9.15. The van der Waals surface area contributed by atoms with Crippen molar-refractivity contribution in [2.45, 2.75) is 24.6 Å². The molecule has 3 unspecified atom stereocenters. The summed E-state index contributed by atoms with van der Waals surface area (Å²) >= 11 is 0. The van der Waals surface area contributed by atoms with Gasteiger partial charge in [-0.3, -0.25) is 0 Å². The highest BCUT2D eigenvalue weighted by Crippen LogP contribution is 2.15. The molecule has 1 rings (SSSR count). The van der Waals surface area contributed by atoms with Crippen LogP contribution in [-0.4, -0.2) is 53.6 Å². The molecular weight excluding hydrogens is 152 g/mol. The van der Waals surface area contributed by atoms with E-state index in [0.717, 1.165) is 0 Å². The Labute approximate surface area is 64.2 Å².